The Bertz CT molecular complexity index is 657. The molecule has 7 nitrogen and oxygen atoms in total. The van der Waals surface area contributed by atoms with Crippen molar-refractivity contribution in [1.29, 1.82) is 0 Å². The molecule has 1 aromatic heterocycles. The van der Waals surface area contributed by atoms with Crippen LogP contribution >= 0.6 is 0 Å². The summed E-state index contributed by atoms with van der Waals surface area (Å²) in [5, 5.41) is 12.2. The van der Waals surface area contributed by atoms with Crippen LogP contribution in [0.5, 0.6) is 5.75 Å². The fourth-order valence-electron chi connectivity index (χ4n) is 2.70. The highest BCUT2D eigenvalue weighted by atomic mass is 16.5. The molecule has 2 aromatic rings. The second kappa shape index (κ2) is 5.00. The van der Waals surface area contributed by atoms with Crippen molar-refractivity contribution in [2.24, 2.45) is 0 Å². The van der Waals surface area contributed by atoms with Crippen LogP contribution in [0, 0.1) is 0 Å². The first-order valence-electron chi connectivity index (χ1n) is 6.90. The number of benzene rings is 1. The van der Waals surface area contributed by atoms with E-state index >= 15 is 0 Å². The van der Waals surface area contributed by atoms with Crippen LogP contribution in [-0.4, -0.2) is 40.0 Å². The molecule has 1 aromatic carbocycles. The van der Waals surface area contributed by atoms with Gasteiger partial charge >= 0.3 is 0 Å². The molecule has 1 fully saturated rings. The Morgan fingerprint density at radius 2 is 2.29 bits per heavy atom. The van der Waals surface area contributed by atoms with Crippen molar-refractivity contribution >= 4 is 5.69 Å². The molecule has 112 valence electrons. The van der Waals surface area contributed by atoms with Gasteiger partial charge in [-0.2, -0.15) is 0 Å². The van der Waals surface area contributed by atoms with Crippen molar-refractivity contribution in [3.8, 4) is 17.1 Å². The van der Waals surface area contributed by atoms with Gasteiger partial charge in [-0.15, -0.1) is 5.10 Å². The van der Waals surface area contributed by atoms with Gasteiger partial charge < -0.3 is 15.2 Å². The van der Waals surface area contributed by atoms with Crippen molar-refractivity contribution < 1.29 is 9.47 Å². The molecule has 0 saturated carbocycles. The Balaban J connectivity index is 2.14. The molecular weight excluding hydrogens is 270 g/mol. The zero-order valence-corrected chi connectivity index (χ0v) is 12.4. The first-order valence-corrected chi connectivity index (χ1v) is 6.90. The maximum Gasteiger partial charge on any atom is 0.186 e. The number of nitrogens with two attached hydrogens (primary N) is 1. The minimum Gasteiger partial charge on any atom is -0.496 e. The van der Waals surface area contributed by atoms with E-state index in [9.17, 15) is 0 Å². The van der Waals surface area contributed by atoms with Gasteiger partial charge in [-0.1, -0.05) is 0 Å². The van der Waals surface area contributed by atoms with Crippen LogP contribution in [0.3, 0.4) is 0 Å². The van der Waals surface area contributed by atoms with Gasteiger partial charge in [0.1, 0.15) is 5.75 Å². The SMILES string of the molecule is COc1ccc(N)cc1-c1nnnn1C1(C)CCOC1C. The van der Waals surface area contributed by atoms with Crippen LogP contribution in [-0.2, 0) is 10.3 Å². The van der Waals surface area contributed by atoms with Crippen molar-refractivity contribution in [3.05, 3.63) is 18.2 Å². The molecular formula is C14H19N5O2. The van der Waals surface area contributed by atoms with Crippen molar-refractivity contribution in [2.75, 3.05) is 19.5 Å². The zero-order valence-electron chi connectivity index (χ0n) is 12.4. The highest BCUT2D eigenvalue weighted by molar-refractivity contribution is 5.69. The number of ether oxygens (including phenoxy) is 2. The standard InChI is InChI=1S/C14H19N5O2/c1-9-14(2,6-7-21-9)19-13(16-17-18-19)11-8-10(15)4-5-12(11)20-3/h4-5,8-9H,6-7,15H2,1-3H3. The number of tetrazole rings is 1. The zero-order chi connectivity index (χ0) is 15.0. The molecule has 2 unspecified atom stereocenters. The summed E-state index contributed by atoms with van der Waals surface area (Å²) in [5.41, 5.74) is 7.03. The maximum atomic E-state index is 5.89. The van der Waals surface area contributed by atoms with Gasteiger partial charge in [-0.05, 0) is 48.9 Å². The molecule has 7 heteroatoms. The minimum atomic E-state index is -0.283. The molecule has 2 atom stereocenters. The molecule has 0 radical (unpaired) electrons. The van der Waals surface area contributed by atoms with Gasteiger partial charge in [0.05, 0.1) is 24.3 Å². The molecule has 2 heterocycles. The number of methoxy groups -OCH3 is 1. The molecule has 0 aliphatic carbocycles. The van der Waals surface area contributed by atoms with Gasteiger partial charge in [-0.3, -0.25) is 0 Å². The molecule has 1 aliphatic heterocycles. The molecule has 1 saturated heterocycles. The van der Waals surface area contributed by atoms with E-state index in [1.54, 1.807) is 13.2 Å². The van der Waals surface area contributed by atoms with Gasteiger partial charge in [0.15, 0.2) is 5.82 Å². The smallest absolute Gasteiger partial charge is 0.186 e. The summed E-state index contributed by atoms with van der Waals surface area (Å²) in [6.45, 7) is 4.84. The number of anilines is 1. The van der Waals surface area contributed by atoms with E-state index in [0.717, 1.165) is 12.0 Å². The average molecular weight is 289 g/mol. The lowest BCUT2D eigenvalue weighted by molar-refractivity contribution is 0.0706. The van der Waals surface area contributed by atoms with Gasteiger partial charge in [0.2, 0.25) is 0 Å². The number of aromatic nitrogens is 4. The highest BCUT2D eigenvalue weighted by Crippen LogP contribution is 2.37. The van der Waals surface area contributed by atoms with Crippen molar-refractivity contribution in [2.45, 2.75) is 31.9 Å². The molecule has 21 heavy (non-hydrogen) atoms. The second-order valence-electron chi connectivity index (χ2n) is 5.49. The van der Waals surface area contributed by atoms with E-state index in [1.807, 2.05) is 23.7 Å². The van der Waals surface area contributed by atoms with E-state index < -0.39 is 0 Å². The van der Waals surface area contributed by atoms with E-state index in [0.29, 0.717) is 23.9 Å². The Morgan fingerprint density at radius 1 is 1.48 bits per heavy atom. The van der Waals surface area contributed by atoms with Crippen molar-refractivity contribution in [3.63, 3.8) is 0 Å². The third-order valence-electron chi connectivity index (χ3n) is 4.27. The third kappa shape index (κ3) is 2.13. The van der Waals surface area contributed by atoms with E-state index in [2.05, 4.69) is 22.4 Å². The number of hydrogen-bond acceptors (Lipinski definition) is 6. The number of nitrogens with zero attached hydrogens (tertiary/aromatic N) is 4. The van der Waals surface area contributed by atoms with Gasteiger partial charge in [0, 0.05) is 12.3 Å². The first kappa shape index (κ1) is 13.8. The average Bonchev–Trinajstić information content (AvgIpc) is 3.07. The van der Waals surface area contributed by atoms with Crippen LogP contribution < -0.4 is 10.5 Å². The summed E-state index contributed by atoms with van der Waals surface area (Å²) in [6.07, 6.45) is 0.892. The topological polar surface area (TPSA) is 88.1 Å². The predicted octanol–water partition coefficient (Wildman–Crippen LogP) is 1.45. The fraction of sp³-hybridized carbons (Fsp3) is 0.500. The normalized spacial score (nSPS) is 25.2. The molecule has 1 aliphatic rings. The molecule has 0 amide bonds. The van der Waals surface area contributed by atoms with Crippen LogP contribution in [0.2, 0.25) is 0 Å². The summed E-state index contributed by atoms with van der Waals surface area (Å²) >= 11 is 0. The third-order valence-corrected chi connectivity index (χ3v) is 4.27. The number of nitrogen functional groups attached to an aromatic ring is 1. The number of hydrogen-bond donors (Lipinski definition) is 1. The van der Waals surface area contributed by atoms with Crippen LogP contribution in [0.15, 0.2) is 18.2 Å². The Labute approximate surface area is 123 Å². The van der Waals surface area contributed by atoms with Gasteiger partial charge in [0.25, 0.3) is 0 Å². The lowest BCUT2D eigenvalue weighted by atomic mass is 9.94. The largest absolute Gasteiger partial charge is 0.496 e. The fourth-order valence-corrected chi connectivity index (χ4v) is 2.70. The predicted molar refractivity (Wildman–Crippen MR) is 77.9 cm³/mol. The Morgan fingerprint density at radius 3 is 2.95 bits per heavy atom. The van der Waals surface area contributed by atoms with E-state index in [-0.39, 0.29) is 11.6 Å². The van der Waals surface area contributed by atoms with Crippen LogP contribution in [0.25, 0.3) is 11.4 Å². The minimum absolute atomic E-state index is 0.0341. The summed E-state index contributed by atoms with van der Waals surface area (Å²) in [4.78, 5) is 0. The lowest BCUT2D eigenvalue weighted by Crippen LogP contribution is -2.38. The number of rotatable bonds is 3. The summed E-state index contributed by atoms with van der Waals surface area (Å²) in [5.74, 6) is 1.33. The van der Waals surface area contributed by atoms with Gasteiger partial charge in [-0.25, -0.2) is 4.68 Å². The summed E-state index contributed by atoms with van der Waals surface area (Å²) < 4.78 is 12.9. The summed E-state index contributed by atoms with van der Waals surface area (Å²) in [6, 6.07) is 5.44. The maximum absolute atomic E-state index is 5.89. The Kier molecular flexibility index (Phi) is 3.29. The molecule has 0 bridgehead atoms. The lowest BCUT2D eigenvalue weighted by Gasteiger charge is -2.28. The highest BCUT2D eigenvalue weighted by Gasteiger charge is 2.42. The monoisotopic (exact) mass is 289 g/mol. The molecule has 0 spiro atoms. The van der Waals surface area contributed by atoms with Crippen LogP contribution in [0.1, 0.15) is 20.3 Å². The Hall–Kier alpha value is -2.15. The molecule has 2 N–H and O–H groups in total. The van der Waals surface area contributed by atoms with E-state index in [1.165, 1.54) is 0 Å². The van der Waals surface area contributed by atoms with Crippen molar-refractivity contribution in [1.82, 2.24) is 20.2 Å². The first-order chi connectivity index (χ1) is 10.1. The second-order valence-corrected chi connectivity index (χ2v) is 5.49. The van der Waals surface area contributed by atoms with E-state index in [4.69, 9.17) is 15.2 Å². The quantitative estimate of drug-likeness (QED) is 0.860. The summed E-state index contributed by atoms with van der Waals surface area (Å²) in [7, 11) is 1.62. The van der Waals surface area contributed by atoms with Crippen LogP contribution in [0.4, 0.5) is 5.69 Å². The molecule has 3 rings (SSSR count).